The van der Waals surface area contributed by atoms with Crippen LogP contribution in [0.3, 0.4) is 0 Å². The van der Waals surface area contributed by atoms with E-state index in [1.165, 1.54) is 0 Å². The van der Waals surface area contributed by atoms with Gasteiger partial charge in [0.25, 0.3) is 5.91 Å². The Labute approximate surface area is 201 Å². The highest BCUT2D eigenvalue weighted by molar-refractivity contribution is 6.42. The molecule has 1 aliphatic heterocycles. The maximum atomic E-state index is 13.4. The van der Waals surface area contributed by atoms with Crippen LogP contribution in [0.4, 0.5) is 5.69 Å². The number of amides is 2. The molecule has 33 heavy (non-hydrogen) atoms. The number of piperidine rings is 1. The Morgan fingerprint density at radius 2 is 1.94 bits per heavy atom. The summed E-state index contributed by atoms with van der Waals surface area (Å²) in [6, 6.07) is 11.6. The van der Waals surface area contributed by atoms with Crippen molar-refractivity contribution in [2.24, 2.45) is 0 Å². The highest BCUT2D eigenvalue weighted by Gasteiger charge is 2.35. The molecule has 0 aliphatic carbocycles. The molecule has 1 atom stereocenters. The number of halogens is 2. The van der Waals surface area contributed by atoms with Crippen molar-refractivity contribution in [3.8, 4) is 11.4 Å². The first-order valence-corrected chi connectivity index (χ1v) is 11.3. The minimum absolute atomic E-state index is 0.215. The minimum atomic E-state index is -0.623. The van der Waals surface area contributed by atoms with E-state index in [1.54, 1.807) is 41.8 Å². The van der Waals surface area contributed by atoms with E-state index in [0.717, 1.165) is 18.5 Å². The number of benzene rings is 2. The van der Waals surface area contributed by atoms with Crippen LogP contribution in [0.25, 0.3) is 5.69 Å². The van der Waals surface area contributed by atoms with E-state index in [0.29, 0.717) is 40.1 Å². The van der Waals surface area contributed by atoms with E-state index in [9.17, 15) is 9.59 Å². The van der Waals surface area contributed by atoms with Gasteiger partial charge < -0.3 is 15.0 Å². The topological polar surface area (TPSA) is 89.3 Å². The van der Waals surface area contributed by atoms with Crippen LogP contribution in [0.1, 0.15) is 35.4 Å². The number of nitrogens with one attached hydrogen (secondary N) is 1. The summed E-state index contributed by atoms with van der Waals surface area (Å²) in [4.78, 5) is 28.0. The second-order valence-corrected chi connectivity index (χ2v) is 8.58. The molecule has 0 saturated carbocycles. The van der Waals surface area contributed by atoms with Crippen molar-refractivity contribution in [3.63, 3.8) is 0 Å². The molecule has 8 nitrogen and oxygen atoms in total. The zero-order valence-electron chi connectivity index (χ0n) is 18.2. The summed E-state index contributed by atoms with van der Waals surface area (Å²) in [5, 5.41) is 11.9. The van der Waals surface area contributed by atoms with Gasteiger partial charge in [-0.3, -0.25) is 9.59 Å². The van der Waals surface area contributed by atoms with Gasteiger partial charge in [0.15, 0.2) is 5.69 Å². The van der Waals surface area contributed by atoms with Gasteiger partial charge in [0, 0.05) is 18.3 Å². The summed E-state index contributed by atoms with van der Waals surface area (Å²) in [5.41, 5.74) is 2.05. The first kappa shape index (κ1) is 23.1. The number of rotatable bonds is 5. The number of likely N-dealkylation sites (tertiary alicyclic amines) is 1. The number of anilines is 1. The van der Waals surface area contributed by atoms with Crippen molar-refractivity contribution in [1.29, 1.82) is 0 Å². The summed E-state index contributed by atoms with van der Waals surface area (Å²) in [5.74, 6) is 0.0697. The molecular formula is C23H23Cl2N5O3. The molecule has 3 aromatic rings. The molecule has 2 amide bonds. The van der Waals surface area contributed by atoms with Crippen LogP contribution in [0, 0.1) is 6.92 Å². The third kappa shape index (κ3) is 4.82. The molecule has 1 N–H and O–H groups in total. The lowest BCUT2D eigenvalue weighted by molar-refractivity contribution is -0.121. The Bertz CT molecular complexity index is 1200. The Morgan fingerprint density at radius 1 is 1.12 bits per heavy atom. The molecule has 0 radical (unpaired) electrons. The molecular weight excluding hydrogens is 465 g/mol. The van der Waals surface area contributed by atoms with Gasteiger partial charge in [-0.2, -0.15) is 0 Å². The minimum Gasteiger partial charge on any atom is -0.497 e. The van der Waals surface area contributed by atoms with E-state index < -0.39 is 6.04 Å². The lowest BCUT2D eigenvalue weighted by Gasteiger charge is -2.34. The second-order valence-electron chi connectivity index (χ2n) is 7.77. The largest absolute Gasteiger partial charge is 0.497 e. The van der Waals surface area contributed by atoms with E-state index in [1.807, 2.05) is 24.3 Å². The number of hydrogen-bond donors (Lipinski definition) is 1. The van der Waals surface area contributed by atoms with Crippen LogP contribution in [-0.2, 0) is 4.79 Å². The molecule has 1 fully saturated rings. The molecule has 1 aliphatic rings. The monoisotopic (exact) mass is 487 g/mol. The Balaban J connectivity index is 1.56. The fourth-order valence-corrected chi connectivity index (χ4v) is 4.20. The zero-order valence-corrected chi connectivity index (χ0v) is 19.7. The summed E-state index contributed by atoms with van der Waals surface area (Å²) in [6.45, 7) is 2.24. The van der Waals surface area contributed by atoms with E-state index in [2.05, 4.69) is 15.6 Å². The molecule has 2 heterocycles. The van der Waals surface area contributed by atoms with Crippen molar-refractivity contribution in [2.75, 3.05) is 19.0 Å². The van der Waals surface area contributed by atoms with Gasteiger partial charge in [-0.15, -0.1) is 5.10 Å². The van der Waals surface area contributed by atoms with Crippen LogP contribution in [-0.4, -0.2) is 51.4 Å². The Kier molecular flexibility index (Phi) is 6.85. The number of carbonyl (C=O) groups is 2. The van der Waals surface area contributed by atoms with Gasteiger partial charge >= 0.3 is 0 Å². The molecule has 1 saturated heterocycles. The Morgan fingerprint density at radius 3 is 2.70 bits per heavy atom. The standard InChI is InChI=1S/C23H23Cl2N5O3/c1-14-21(27-28-30(14)16-6-5-7-17(13-16)33-2)23(32)29-11-4-3-8-20(29)22(31)26-15-9-10-18(24)19(25)12-15/h5-7,9-10,12-13,20H,3-4,8,11H2,1-2H3,(H,26,31). The molecule has 172 valence electrons. The maximum Gasteiger partial charge on any atom is 0.277 e. The van der Waals surface area contributed by atoms with Crippen molar-refractivity contribution in [1.82, 2.24) is 19.9 Å². The summed E-state index contributed by atoms with van der Waals surface area (Å²) in [7, 11) is 1.59. The van der Waals surface area contributed by atoms with Gasteiger partial charge in [0.05, 0.1) is 28.5 Å². The van der Waals surface area contributed by atoms with Crippen LogP contribution >= 0.6 is 23.2 Å². The van der Waals surface area contributed by atoms with Crippen LogP contribution < -0.4 is 10.1 Å². The third-order valence-corrected chi connectivity index (χ3v) is 6.39. The number of nitrogens with zero attached hydrogens (tertiary/aromatic N) is 4. The average molecular weight is 488 g/mol. The lowest BCUT2D eigenvalue weighted by Crippen LogP contribution is -2.50. The molecule has 2 aromatic carbocycles. The van der Waals surface area contributed by atoms with Gasteiger partial charge in [-0.25, -0.2) is 4.68 Å². The van der Waals surface area contributed by atoms with Gasteiger partial charge in [0.1, 0.15) is 11.8 Å². The molecule has 1 unspecified atom stereocenters. The highest BCUT2D eigenvalue weighted by atomic mass is 35.5. The quantitative estimate of drug-likeness (QED) is 0.571. The fraction of sp³-hybridized carbons (Fsp3) is 0.304. The van der Waals surface area contributed by atoms with Gasteiger partial charge in [-0.1, -0.05) is 34.5 Å². The Hall–Kier alpha value is -3.10. The number of methoxy groups -OCH3 is 1. The molecule has 0 spiro atoms. The van der Waals surface area contributed by atoms with Crippen molar-refractivity contribution >= 4 is 40.7 Å². The average Bonchev–Trinajstić information content (AvgIpc) is 3.22. The third-order valence-electron chi connectivity index (χ3n) is 5.65. The highest BCUT2D eigenvalue weighted by Crippen LogP contribution is 2.27. The summed E-state index contributed by atoms with van der Waals surface area (Å²) in [6.07, 6.45) is 2.21. The van der Waals surface area contributed by atoms with E-state index in [4.69, 9.17) is 27.9 Å². The van der Waals surface area contributed by atoms with E-state index >= 15 is 0 Å². The number of aromatic nitrogens is 3. The predicted molar refractivity (Wildman–Crippen MR) is 126 cm³/mol. The summed E-state index contributed by atoms with van der Waals surface area (Å²) >= 11 is 12.0. The molecule has 10 heteroatoms. The molecule has 1 aromatic heterocycles. The number of ether oxygens (including phenoxy) is 1. The smallest absolute Gasteiger partial charge is 0.277 e. The fourth-order valence-electron chi connectivity index (χ4n) is 3.90. The summed E-state index contributed by atoms with van der Waals surface area (Å²) < 4.78 is 6.86. The van der Waals surface area contributed by atoms with Gasteiger partial charge in [0.2, 0.25) is 5.91 Å². The predicted octanol–water partition coefficient (Wildman–Crippen LogP) is 4.52. The maximum absolute atomic E-state index is 13.4. The van der Waals surface area contributed by atoms with E-state index in [-0.39, 0.29) is 17.5 Å². The zero-order chi connectivity index (χ0) is 23.5. The first-order valence-electron chi connectivity index (χ1n) is 10.5. The van der Waals surface area contributed by atoms with Crippen molar-refractivity contribution in [2.45, 2.75) is 32.2 Å². The first-order chi connectivity index (χ1) is 15.9. The molecule has 0 bridgehead atoms. The number of hydrogen-bond acceptors (Lipinski definition) is 5. The van der Waals surface area contributed by atoms with Crippen molar-refractivity contribution < 1.29 is 14.3 Å². The lowest BCUT2D eigenvalue weighted by atomic mass is 10.0. The number of carbonyl (C=O) groups excluding carboxylic acids is 2. The van der Waals surface area contributed by atoms with Gasteiger partial charge in [-0.05, 0) is 56.5 Å². The second kappa shape index (κ2) is 9.80. The van der Waals surface area contributed by atoms with Crippen LogP contribution in [0.5, 0.6) is 5.75 Å². The van der Waals surface area contributed by atoms with Crippen LogP contribution in [0.15, 0.2) is 42.5 Å². The normalized spacial score (nSPS) is 15.9. The molecule has 4 rings (SSSR count). The van der Waals surface area contributed by atoms with Crippen LogP contribution in [0.2, 0.25) is 10.0 Å². The van der Waals surface area contributed by atoms with Crippen molar-refractivity contribution in [3.05, 3.63) is 63.9 Å². The SMILES string of the molecule is COc1cccc(-n2nnc(C(=O)N3CCCCC3C(=O)Nc3ccc(Cl)c(Cl)c3)c2C)c1.